The zero-order valence-electron chi connectivity index (χ0n) is 13.1. The second-order valence-corrected chi connectivity index (χ2v) is 6.89. The van der Waals surface area contributed by atoms with E-state index in [-0.39, 0.29) is 5.91 Å². The van der Waals surface area contributed by atoms with Gasteiger partial charge in [0.2, 0.25) is 0 Å². The van der Waals surface area contributed by atoms with Crippen molar-refractivity contribution in [1.82, 2.24) is 4.98 Å². The van der Waals surface area contributed by atoms with Crippen molar-refractivity contribution in [1.29, 1.82) is 0 Å². The van der Waals surface area contributed by atoms with E-state index in [9.17, 15) is 4.79 Å². The summed E-state index contributed by atoms with van der Waals surface area (Å²) in [6, 6.07) is 21.2. The topological polar surface area (TPSA) is 42.0 Å². The van der Waals surface area contributed by atoms with Crippen LogP contribution >= 0.6 is 23.5 Å². The van der Waals surface area contributed by atoms with Gasteiger partial charge in [-0.25, -0.2) is 4.98 Å². The molecule has 0 radical (unpaired) electrons. The molecule has 0 unspecified atom stereocenters. The first-order valence-corrected chi connectivity index (χ1v) is 9.44. The molecule has 3 nitrogen and oxygen atoms in total. The summed E-state index contributed by atoms with van der Waals surface area (Å²) in [4.78, 5) is 18.8. The number of nitrogens with one attached hydrogen (secondary N) is 1. The zero-order valence-corrected chi connectivity index (χ0v) is 14.7. The Bertz CT molecular complexity index is 820. The molecule has 24 heavy (non-hydrogen) atoms. The van der Waals surface area contributed by atoms with Gasteiger partial charge in [-0.15, -0.1) is 11.8 Å². The lowest BCUT2D eigenvalue weighted by Gasteiger charge is -2.09. The Hall–Kier alpha value is -2.24. The van der Waals surface area contributed by atoms with Gasteiger partial charge < -0.3 is 5.32 Å². The summed E-state index contributed by atoms with van der Waals surface area (Å²) in [5.74, 6) is -0.106. The summed E-state index contributed by atoms with van der Waals surface area (Å²) in [6.45, 7) is 0. The van der Waals surface area contributed by atoms with Crippen molar-refractivity contribution in [3.05, 3.63) is 78.5 Å². The average Bonchev–Trinajstić information content (AvgIpc) is 2.63. The third-order valence-corrected chi connectivity index (χ3v) is 5.09. The molecule has 1 N–H and O–H groups in total. The molecule has 0 aliphatic carbocycles. The van der Waals surface area contributed by atoms with Crippen LogP contribution in [-0.2, 0) is 0 Å². The average molecular weight is 352 g/mol. The second-order valence-electron chi connectivity index (χ2n) is 4.95. The van der Waals surface area contributed by atoms with Crippen LogP contribution in [0, 0.1) is 0 Å². The lowest BCUT2D eigenvalue weighted by Crippen LogP contribution is -2.12. The van der Waals surface area contributed by atoms with Crippen molar-refractivity contribution in [3.63, 3.8) is 0 Å². The summed E-state index contributed by atoms with van der Waals surface area (Å²) < 4.78 is 0. The lowest BCUT2D eigenvalue weighted by atomic mass is 10.2. The van der Waals surface area contributed by atoms with Gasteiger partial charge in [-0.2, -0.15) is 0 Å². The van der Waals surface area contributed by atoms with E-state index in [0.29, 0.717) is 5.56 Å². The van der Waals surface area contributed by atoms with E-state index < -0.39 is 0 Å². The van der Waals surface area contributed by atoms with Gasteiger partial charge in [0.15, 0.2) is 0 Å². The van der Waals surface area contributed by atoms with Crippen molar-refractivity contribution in [2.75, 3.05) is 11.6 Å². The number of aromatic nitrogens is 1. The van der Waals surface area contributed by atoms with Crippen LogP contribution in [0.25, 0.3) is 0 Å². The molecular formula is C19H16N2OS2. The Kier molecular flexibility index (Phi) is 5.56. The number of nitrogens with zero attached hydrogens (tertiary/aromatic N) is 1. The van der Waals surface area contributed by atoms with Crippen LogP contribution in [0.15, 0.2) is 87.7 Å². The van der Waals surface area contributed by atoms with E-state index in [4.69, 9.17) is 0 Å². The van der Waals surface area contributed by atoms with Crippen molar-refractivity contribution in [2.45, 2.75) is 14.8 Å². The molecule has 0 saturated heterocycles. The highest BCUT2D eigenvalue weighted by molar-refractivity contribution is 7.99. The SMILES string of the molecule is CSc1ccccc1NC(=O)c1ccc(Sc2ccccn2)cc1. The molecule has 3 aromatic rings. The number of rotatable bonds is 5. The lowest BCUT2D eigenvalue weighted by molar-refractivity contribution is 0.102. The second kappa shape index (κ2) is 8.04. The normalized spacial score (nSPS) is 10.4. The first-order chi connectivity index (χ1) is 11.8. The van der Waals surface area contributed by atoms with Gasteiger partial charge in [0.25, 0.3) is 5.91 Å². The maximum Gasteiger partial charge on any atom is 0.255 e. The molecule has 0 saturated carbocycles. The monoisotopic (exact) mass is 352 g/mol. The Morgan fingerprint density at radius 1 is 0.958 bits per heavy atom. The molecule has 1 heterocycles. The van der Waals surface area contributed by atoms with Crippen LogP contribution in [0.4, 0.5) is 5.69 Å². The largest absolute Gasteiger partial charge is 0.321 e. The first kappa shape index (κ1) is 16.6. The van der Waals surface area contributed by atoms with E-state index in [2.05, 4.69) is 10.3 Å². The van der Waals surface area contributed by atoms with Gasteiger partial charge >= 0.3 is 0 Å². The minimum Gasteiger partial charge on any atom is -0.321 e. The predicted molar refractivity (Wildman–Crippen MR) is 101 cm³/mol. The number of anilines is 1. The molecule has 0 aliphatic heterocycles. The maximum absolute atomic E-state index is 12.4. The quantitative estimate of drug-likeness (QED) is 0.640. The number of carbonyl (C=O) groups is 1. The van der Waals surface area contributed by atoms with Gasteiger partial charge in [0, 0.05) is 21.6 Å². The van der Waals surface area contributed by atoms with Crippen LogP contribution in [0.2, 0.25) is 0 Å². The van der Waals surface area contributed by atoms with Gasteiger partial charge in [0.05, 0.1) is 5.69 Å². The molecule has 0 spiro atoms. The highest BCUT2D eigenvalue weighted by atomic mass is 32.2. The molecular weight excluding hydrogens is 336 g/mol. The molecule has 0 fully saturated rings. The number of para-hydroxylation sites is 1. The molecule has 120 valence electrons. The summed E-state index contributed by atoms with van der Waals surface area (Å²) in [7, 11) is 0. The molecule has 1 amide bonds. The predicted octanol–water partition coefficient (Wildman–Crippen LogP) is 5.21. The number of pyridine rings is 1. The Balaban J connectivity index is 1.70. The molecule has 5 heteroatoms. The minimum atomic E-state index is -0.106. The molecule has 2 aromatic carbocycles. The number of amides is 1. The molecule has 0 atom stereocenters. The Morgan fingerprint density at radius 3 is 2.42 bits per heavy atom. The van der Waals surface area contributed by atoms with Crippen LogP contribution in [0.3, 0.4) is 0 Å². The number of hydrogen-bond donors (Lipinski definition) is 1. The van der Waals surface area contributed by atoms with Crippen LogP contribution in [0.5, 0.6) is 0 Å². The van der Waals surface area contributed by atoms with Crippen molar-refractivity contribution in [3.8, 4) is 0 Å². The highest BCUT2D eigenvalue weighted by Gasteiger charge is 2.09. The third kappa shape index (κ3) is 4.19. The van der Waals surface area contributed by atoms with E-state index in [0.717, 1.165) is 20.5 Å². The Labute approximate surface area is 149 Å². The number of thioether (sulfide) groups is 1. The van der Waals surface area contributed by atoms with Crippen molar-refractivity contribution >= 4 is 35.1 Å². The summed E-state index contributed by atoms with van der Waals surface area (Å²) >= 11 is 3.18. The summed E-state index contributed by atoms with van der Waals surface area (Å²) in [6.07, 6.45) is 3.77. The van der Waals surface area contributed by atoms with E-state index in [1.807, 2.05) is 73.0 Å². The molecule has 0 aliphatic rings. The number of carbonyl (C=O) groups excluding carboxylic acids is 1. The zero-order chi connectivity index (χ0) is 16.8. The van der Waals surface area contributed by atoms with Gasteiger partial charge in [0.1, 0.15) is 5.03 Å². The summed E-state index contributed by atoms with van der Waals surface area (Å²) in [5.41, 5.74) is 1.47. The van der Waals surface area contributed by atoms with E-state index >= 15 is 0 Å². The maximum atomic E-state index is 12.4. The smallest absolute Gasteiger partial charge is 0.255 e. The van der Waals surface area contributed by atoms with Crippen LogP contribution in [0.1, 0.15) is 10.4 Å². The van der Waals surface area contributed by atoms with Gasteiger partial charge in [-0.3, -0.25) is 4.79 Å². The fourth-order valence-electron chi connectivity index (χ4n) is 2.14. The highest BCUT2D eigenvalue weighted by Crippen LogP contribution is 2.27. The van der Waals surface area contributed by atoms with Gasteiger partial charge in [-0.05, 0) is 54.8 Å². The summed E-state index contributed by atoms with van der Waals surface area (Å²) in [5, 5.41) is 3.90. The van der Waals surface area contributed by atoms with Gasteiger partial charge in [-0.1, -0.05) is 30.0 Å². The fraction of sp³-hybridized carbons (Fsp3) is 0.0526. The standard InChI is InChI=1S/C19H16N2OS2/c1-23-17-7-3-2-6-16(17)21-19(22)14-9-11-15(12-10-14)24-18-8-4-5-13-20-18/h2-13H,1H3,(H,21,22). The Morgan fingerprint density at radius 2 is 1.71 bits per heavy atom. The fourth-order valence-corrected chi connectivity index (χ4v) is 3.47. The molecule has 3 rings (SSSR count). The van der Waals surface area contributed by atoms with Crippen molar-refractivity contribution < 1.29 is 4.79 Å². The number of hydrogen-bond acceptors (Lipinski definition) is 4. The minimum absolute atomic E-state index is 0.106. The molecule has 1 aromatic heterocycles. The number of benzene rings is 2. The van der Waals surface area contributed by atoms with Crippen LogP contribution in [-0.4, -0.2) is 17.1 Å². The molecule has 0 bridgehead atoms. The van der Waals surface area contributed by atoms with E-state index in [1.165, 1.54) is 0 Å². The third-order valence-electron chi connectivity index (χ3n) is 3.33. The van der Waals surface area contributed by atoms with Crippen LogP contribution < -0.4 is 5.32 Å². The van der Waals surface area contributed by atoms with E-state index in [1.54, 1.807) is 29.7 Å². The van der Waals surface area contributed by atoms with Crippen molar-refractivity contribution in [2.24, 2.45) is 0 Å². The first-order valence-electron chi connectivity index (χ1n) is 7.39.